The van der Waals surface area contributed by atoms with Gasteiger partial charge in [-0.2, -0.15) is 0 Å². The molecular weight excluding hydrogens is 294 g/mol. The van der Waals surface area contributed by atoms with Crippen molar-refractivity contribution in [3.8, 4) is 0 Å². The number of hydrogen-bond acceptors (Lipinski definition) is 4. The Labute approximate surface area is 133 Å². The minimum atomic E-state index is -0.698. The van der Waals surface area contributed by atoms with E-state index in [1.165, 1.54) is 4.90 Å². The first kappa shape index (κ1) is 15.0. The number of aryl methyl sites for hydroxylation is 1. The van der Waals surface area contributed by atoms with Crippen LogP contribution in [0.4, 0.5) is 11.4 Å². The SMILES string of the molecule is Cc1cccc2c(N)ccc(N(C=O)C3CCC(=O)NC3=O)c12. The van der Waals surface area contributed by atoms with Gasteiger partial charge < -0.3 is 10.6 Å². The Bertz CT molecular complexity index is 816. The Hall–Kier alpha value is -2.89. The van der Waals surface area contributed by atoms with Crippen LogP contribution < -0.4 is 16.0 Å². The molecule has 1 saturated heterocycles. The summed E-state index contributed by atoms with van der Waals surface area (Å²) in [6.45, 7) is 1.93. The maximum absolute atomic E-state index is 12.1. The zero-order valence-corrected chi connectivity index (χ0v) is 12.7. The van der Waals surface area contributed by atoms with E-state index in [9.17, 15) is 14.4 Å². The lowest BCUT2D eigenvalue weighted by Gasteiger charge is -2.31. The normalized spacial score (nSPS) is 17.9. The Morgan fingerprint density at radius 1 is 1.26 bits per heavy atom. The third-order valence-corrected chi connectivity index (χ3v) is 4.20. The first-order valence-corrected chi connectivity index (χ1v) is 7.38. The van der Waals surface area contributed by atoms with Crippen LogP contribution in [0.5, 0.6) is 0 Å². The first-order valence-electron chi connectivity index (χ1n) is 7.38. The molecule has 0 spiro atoms. The largest absolute Gasteiger partial charge is 0.398 e. The van der Waals surface area contributed by atoms with Crippen LogP contribution in [-0.2, 0) is 14.4 Å². The number of rotatable bonds is 3. The highest BCUT2D eigenvalue weighted by molar-refractivity contribution is 6.09. The van der Waals surface area contributed by atoms with Gasteiger partial charge >= 0.3 is 0 Å². The number of nitrogens with one attached hydrogen (secondary N) is 1. The number of anilines is 2. The van der Waals surface area contributed by atoms with Crippen molar-refractivity contribution < 1.29 is 14.4 Å². The predicted octanol–water partition coefficient (Wildman–Crippen LogP) is 1.50. The van der Waals surface area contributed by atoms with Gasteiger partial charge in [-0.05, 0) is 31.0 Å². The molecule has 3 N–H and O–H groups in total. The number of nitrogens with zero attached hydrogens (tertiary/aromatic N) is 1. The molecular formula is C17H17N3O3. The molecule has 1 atom stereocenters. The molecule has 1 aliphatic heterocycles. The fourth-order valence-corrected chi connectivity index (χ4v) is 3.05. The molecule has 118 valence electrons. The van der Waals surface area contributed by atoms with Gasteiger partial charge in [-0.1, -0.05) is 18.2 Å². The van der Waals surface area contributed by atoms with Gasteiger partial charge in [0.1, 0.15) is 6.04 Å². The van der Waals surface area contributed by atoms with E-state index in [4.69, 9.17) is 5.73 Å². The van der Waals surface area contributed by atoms with Crippen LogP contribution in [0.2, 0.25) is 0 Å². The molecule has 0 radical (unpaired) electrons. The second-order valence-corrected chi connectivity index (χ2v) is 5.65. The summed E-state index contributed by atoms with van der Waals surface area (Å²) >= 11 is 0. The number of nitrogen functional groups attached to an aromatic ring is 1. The highest BCUT2D eigenvalue weighted by Crippen LogP contribution is 2.34. The van der Waals surface area contributed by atoms with Crippen LogP contribution in [0.1, 0.15) is 18.4 Å². The van der Waals surface area contributed by atoms with Crippen molar-refractivity contribution in [1.82, 2.24) is 5.32 Å². The predicted molar refractivity (Wildman–Crippen MR) is 87.8 cm³/mol. The van der Waals surface area contributed by atoms with Gasteiger partial charge in [-0.15, -0.1) is 0 Å². The number of benzene rings is 2. The summed E-state index contributed by atoms with van der Waals surface area (Å²) in [5, 5.41) is 3.96. The number of carbonyl (C=O) groups excluding carboxylic acids is 3. The van der Waals surface area contributed by atoms with Crippen molar-refractivity contribution in [2.24, 2.45) is 0 Å². The summed E-state index contributed by atoms with van der Waals surface area (Å²) < 4.78 is 0. The smallest absolute Gasteiger partial charge is 0.249 e. The number of fused-ring (bicyclic) bond motifs is 1. The number of imide groups is 1. The summed E-state index contributed by atoms with van der Waals surface area (Å²) in [4.78, 5) is 36.5. The molecule has 1 unspecified atom stereocenters. The molecule has 1 aliphatic rings. The maximum Gasteiger partial charge on any atom is 0.249 e. The van der Waals surface area contributed by atoms with E-state index in [1.807, 2.05) is 25.1 Å². The van der Waals surface area contributed by atoms with Crippen LogP contribution in [0, 0.1) is 6.92 Å². The molecule has 0 saturated carbocycles. The molecule has 1 heterocycles. The molecule has 3 amide bonds. The van der Waals surface area contributed by atoms with E-state index >= 15 is 0 Å². The van der Waals surface area contributed by atoms with Gasteiger partial charge in [0, 0.05) is 22.9 Å². The molecule has 3 rings (SSSR count). The minimum absolute atomic E-state index is 0.215. The average molecular weight is 311 g/mol. The number of carbonyl (C=O) groups is 3. The molecule has 1 fully saturated rings. The molecule has 2 aromatic carbocycles. The van der Waals surface area contributed by atoms with Crippen LogP contribution in [0.15, 0.2) is 30.3 Å². The molecule has 0 bridgehead atoms. The molecule has 0 aromatic heterocycles. The number of piperidine rings is 1. The van der Waals surface area contributed by atoms with E-state index in [0.29, 0.717) is 24.2 Å². The molecule has 6 nitrogen and oxygen atoms in total. The van der Waals surface area contributed by atoms with E-state index in [0.717, 1.165) is 16.3 Å². The van der Waals surface area contributed by atoms with Gasteiger partial charge in [0.05, 0.1) is 5.69 Å². The van der Waals surface area contributed by atoms with E-state index in [2.05, 4.69) is 5.32 Å². The minimum Gasteiger partial charge on any atom is -0.398 e. The van der Waals surface area contributed by atoms with Crippen molar-refractivity contribution in [3.05, 3.63) is 35.9 Å². The Morgan fingerprint density at radius 2 is 2.04 bits per heavy atom. The second-order valence-electron chi connectivity index (χ2n) is 5.65. The Kier molecular flexibility index (Phi) is 3.73. The third kappa shape index (κ3) is 2.52. The fourth-order valence-electron chi connectivity index (χ4n) is 3.05. The number of amides is 3. The molecule has 2 aromatic rings. The Balaban J connectivity index is 2.14. The highest BCUT2D eigenvalue weighted by Gasteiger charge is 2.32. The van der Waals surface area contributed by atoms with Crippen molar-refractivity contribution in [3.63, 3.8) is 0 Å². The lowest BCUT2D eigenvalue weighted by molar-refractivity contribution is -0.134. The van der Waals surface area contributed by atoms with E-state index in [1.54, 1.807) is 12.1 Å². The highest BCUT2D eigenvalue weighted by atomic mass is 16.2. The standard InChI is InChI=1S/C17H17N3O3/c1-10-3-2-4-11-12(18)5-6-13(16(10)11)20(9-21)14-7-8-15(22)19-17(14)23/h2-6,9,14H,7-8,18H2,1H3,(H,19,22,23). The number of hydrogen-bond donors (Lipinski definition) is 2. The zero-order chi connectivity index (χ0) is 16.6. The summed E-state index contributed by atoms with van der Waals surface area (Å²) in [7, 11) is 0. The molecule has 6 heteroatoms. The topological polar surface area (TPSA) is 92.5 Å². The van der Waals surface area contributed by atoms with Crippen molar-refractivity contribution in [2.45, 2.75) is 25.8 Å². The van der Waals surface area contributed by atoms with Crippen molar-refractivity contribution >= 4 is 40.4 Å². The van der Waals surface area contributed by atoms with E-state index < -0.39 is 11.9 Å². The first-order chi connectivity index (χ1) is 11.0. The summed E-state index contributed by atoms with van der Waals surface area (Å²) in [6.07, 6.45) is 1.16. The van der Waals surface area contributed by atoms with Crippen LogP contribution >= 0.6 is 0 Å². The van der Waals surface area contributed by atoms with Crippen LogP contribution in [0.25, 0.3) is 10.8 Å². The van der Waals surface area contributed by atoms with Crippen molar-refractivity contribution in [1.29, 1.82) is 0 Å². The zero-order valence-electron chi connectivity index (χ0n) is 12.7. The molecule has 23 heavy (non-hydrogen) atoms. The van der Waals surface area contributed by atoms with E-state index in [-0.39, 0.29) is 12.3 Å². The van der Waals surface area contributed by atoms with Crippen LogP contribution in [-0.4, -0.2) is 24.3 Å². The lowest BCUT2D eigenvalue weighted by atomic mass is 9.99. The monoisotopic (exact) mass is 311 g/mol. The van der Waals surface area contributed by atoms with Gasteiger partial charge in [0.25, 0.3) is 0 Å². The number of nitrogens with two attached hydrogens (primary N) is 1. The van der Waals surface area contributed by atoms with Gasteiger partial charge in [-0.3, -0.25) is 19.7 Å². The fraction of sp³-hybridized carbons (Fsp3) is 0.235. The van der Waals surface area contributed by atoms with Gasteiger partial charge in [-0.25, -0.2) is 0 Å². The van der Waals surface area contributed by atoms with Gasteiger partial charge in [0.15, 0.2) is 0 Å². The maximum atomic E-state index is 12.1. The lowest BCUT2D eigenvalue weighted by Crippen LogP contribution is -2.52. The summed E-state index contributed by atoms with van der Waals surface area (Å²) in [6, 6.07) is 8.47. The third-order valence-electron chi connectivity index (χ3n) is 4.20. The van der Waals surface area contributed by atoms with Crippen LogP contribution in [0.3, 0.4) is 0 Å². The summed E-state index contributed by atoms with van der Waals surface area (Å²) in [5.41, 5.74) is 8.23. The quantitative estimate of drug-likeness (QED) is 0.510. The summed E-state index contributed by atoms with van der Waals surface area (Å²) in [5.74, 6) is -0.762. The molecule has 0 aliphatic carbocycles. The van der Waals surface area contributed by atoms with Crippen molar-refractivity contribution in [2.75, 3.05) is 10.6 Å². The van der Waals surface area contributed by atoms with Gasteiger partial charge in [0.2, 0.25) is 18.2 Å². The second kappa shape index (κ2) is 5.72. The Morgan fingerprint density at radius 3 is 2.74 bits per heavy atom. The average Bonchev–Trinajstić information content (AvgIpc) is 2.52.